The number of rotatable bonds is 7. The van der Waals surface area contributed by atoms with Crippen molar-refractivity contribution >= 4 is 28.2 Å². The summed E-state index contributed by atoms with van der Waals surface area (Å²) in [7, 11) is 0. The van der Waals surface area contributed by atoms with Gasteiger partial charge < -0.3 is 15.8 Å². The molecule has 0 saturated heterocycles. The van der Waals surface area contributed by atoms with Crippen molar-refractivity contribution in [2.24, 2.45) is 5.92 Å². The molecule has 8 heteroatoms. The summed E-state index contributed by atoms with van der Waals surface area (Å²) in [5.41, 5.74) is 6.96. The third-order valence-corrected chi connectivity index (χ3v) is 5.12. The second-order valence-electron chi connectivity index (χ2n) is 8.13. The number of nitrogen functional groups attached to an aromatic ring is 1. The lowest BCUT2D eigenvalue weighted by molar-refractivity contribution is -0.123. The maximum absolute atomic E-state index is 13.1. The van der Waals surface area contributed by atoms with E-state index in [-0.39, 0.29) is 17.4 Å². The average molecular weight is 444 g/mol. The molecule has 168 valence electrons. The molecule has 0 bridgehead atoms. The lowest BCUT2D eigenvalue weighted by atomic mass is 10.0. The summed E-state index contributed by atoms with van der Waals surface area (Å²) >= 11 is 0. The quantitative estimate of drug-likeness (QED) is 0.449. The van der Waals surface area contributed by atoms with Crippen LogP contribution in [-0.4, -0.2) is 26.8 Å². The van der Waals surface area contributed by atoms with E-state index in [2.05, 4.69) is 15.4 Å². The van der Waals surface area contributed by atoms with Gasteiger partial charge in [0.25, 0.3) is 11.5 Å². The lowest BCUT2D eigenvalue weighted by Gasteiger charge is -2.21. The minimum atomic E-state index is -0.696. The minimum absolute atomic E-state index is 0.231. The number of nitrogens with zero attached hydrogens (tertiary/aromatic N) is 3. The maximum Gasteiger partial charge on any atom is 0.271 e. The summed E-state index contributed by atoms with van der Waals surface area (Å²) in [4.78, 5) is 29.1. The standard InChI is InChI=1S/C25H25N5O3/c1-16(2)14-22(33-20-10-5-17-11-13-27-24(26)21(17)15-20)25(32)29-18-6-8-19(9-7-18)30-23(31)4-3-12-28-30/h3-13,15-16,22H,14H2,1-2H3,(H2,26,27)(H,29,32). The van der Waals surface area contributed by atoms with Gasteiger partial charge in [0.15, 0.2) is 6.10 Å². The van der Waals surface area contributed by atoms with Gasteiger partial charge >= 0.3 is 0 Å². The predicted octanol–water partition coefficient (Wildman–Crippen LogP) is 3.80. The molecule has 0 aliphatic heterocycles. The Morgan fingerprint density at radius 3 is 2.61 bits per heavy atom. The van der Waals surface area contributed by atoms with Crippen molar-refractivity contribution in [2.45, 2.75) is 26.4 Å². The van der Waals surface area contributed by atoms with Crippen molar-refractivity contribution < 1.29 is 9.53 Å². The zero-order valence-corrected chi connectivity index (χ0v) is 18.4. The highest BCUT2D eigenvalue weighted by Gasteiger charge is 2.22. The highest BCUT2D eigenvalue weighted by molar-refractivity contribution is 5.95. The predicted molar refractivity (Wildman–Crippen MR) is 128 cm³/mol. The molecule has 0 radical (unpaired) electrons. The summed E-state index contributed by atoms with van der Waals surface area (Å²) < 4.78 is 7.37. The molecule has 3 N–H and O–H groups in total. The molecule has 33 heavy (non-hydrogen) atoms. The Morgan fingerprint density at radius 1 is 1.09 bits per heavy atom. The molecule has 4 rings (SSSR count). The molecule has 2 heterocycles. The molecule has 0 fully saturated rings. The Labute approximate surface area is 191 Å². The monoisotopic (exact) mass is 443 g/mol. The number of pyridine rings is 1. The van der Waals surface area contributed by atoms with E-state index in [1.807, 2.05) is 32.0 Å². The van der Waals surface area contributed by atoms with E-state index < -0.39 is 6.10 Å². The van der Waals surface area contributed by atoms with Gasteiger partial charge in [-0.25, -0.2) is 4.98 Å². The van der Waals surface area contributed by atoms with Crippen molar-refractivity contribution in [3.05, 3.63) is 83.4 Å². The van der Waals surface area contributed by atoms with Crippen LogP contribution in [0.4, 0.5) is 11.5 Å². The largest absolute Gasteiger partial charge is 0.481 e. The van der Waals surface area contributed by atoms with Crippen LogP contribution in [-0.2, 0) is 4.79 Å². The average Bonchev–Trinajstić information content (AvgIpc) is 2.80. The highest BCUT2D eigenvalue weighted by atomic mass is 16.5. The number of aromatic nitrogens is 3. The van der Waals surface area contributed by atoms with Crippen LogP contribution in [0.3, 0.4) is 0 Å². The third-order valence-electron chi connectivity index (χ3n) is 5.12. The number of carbonyl (C=O) groups excluding carboxylic acids is 1. The zero-order valence-electron chi connectivity index (χ0n) is 18.4. The van der Waals surface area contributed by atoms with Crippen LogP contribution >= 0.6 is 0 Å². The van der Waals surface area contributed by atoms with E-state index in [1.54, 1.807) is 48.8 Å². The molecule has 4 aromatic rings. The molecule has 1 atom stereocenters. The Bertz CT molecular complexity index is 1330. The molecule has 0 aliphatic rings. The van der Waals surface area contributed by atoms with Crippen molar-refractivity contribution in [3.8, 4) is 11.4 Å². The number of ether oxygens (including phenoxy) is 1. The SMILES string of the molecule is CC(C)CC(Oc1ccc2ccnc(N)c2c1)C(=O)Nc1ccc(-n2ncccc2=O)cc1. The van der Waals surface area contributed by atoms with E-state index in [1.165, 1.54) is 10.7 Å². The van der Waals surface area contributed by atoms with Crippen molar-refractivity contribution in [3.63, 3.8) is 0 Å². The molecule has 0 aliphatic carbocycles. The molecule has 8 nitrogen and oxygen atoms in total. The molecule has 1 amide bonds. The van der Waals surface area contributed by atoms with Crippen LogP contribution in [0.2, 0.25) is 0 Å². The first kappa shape index (κ1) is 22.0. The van der Waals surface area contributed by atoms with E-state index in [0.717, 1.165) is 10.8 Å². The number of hydrogen-bond acceptors (Lipinski definition) is 6. The Balaban J connectivity index is 1.52. The van der Waals surface area contributed by atoms with Gasteiger partial charge in [-0.15, -0.1) is 0 Å². The van der Waals surface area contributed by atoms with Gasteiger partial charge in [0.2, 0.25) is 0 Å². The van der Waals surface area contributed by atoms with Gasteiger partial charge in [-0.05, 0) is 66.3 Å². The third kappa shape index (κ3) is 5.17. The molecule has 1 unspecified atom stereocenters. The lowest BCUT2D eigenvalue weighted by Crippen LogP contribution is -2.34. The van der Waals surface area contributed by atoms with Gasteiger partial charge in [-0.3, -0.25) is 9.59 Å². The Morgan fingerprint density at radius 2 is 1.88 bits per heavy atom. The summed E-state index contributed by atoms with van der Waals surface area (Å²) in [5, 5.41) is 8.69. The zero-order chi connectivity index (χ0) is 23.4. The topological polar surface area (TPSA) is 112 Å². The van der Waals surface area contributed by atoms with Crippen LogP contribution < -0.4 is 21.3 Å². The Hall–Kier alpha value is -4.20. The molecule has 0 spiro atoms. The first-order valence-electron chi connectivity index (χ1n) is 10.7. The number of hydrogen-bond donors (Lipinski definition) is 2. The van der Waals surface area contributed by atoms with E-state index in [4.69, 9.17) is 10.5 Å². The van der Waals surface area contributed by atoms with Crippen LogP contribution in [0.25, 0.3) is 16.5 Å². The number of anilines is 2. The normalized spacial score (nSPS) is 12.0. The molecular weight excluding hydrogens is 418 g/mol. The fourth-order valence-corrected chi connectivity index (χ4v) is 3.50. The number of nitrogens with two attached hydrogens (primary N) is 1. The van der Waals surface area contributed by atoms with E-state index in [0.29, 0.717) is 29.4 Å². The molecule has 2 aromatic heterocycles. The van der Waals surface area contributed by atoms with Crippen LogP contribution in [0.15, 0.2) is 77.9 Å². The van der Waals surface area contributed by atoms with Gasteiger partial charge in [-0.1, -0.05) is 19.9 Å². The maximum atomic E-state index is 13.1. The summed E-state index contributed by atoms with van der Waals surface area (Å²) in [6.07, 6.45) is 3.04. The number of benzene rings is 2. The van der Waals surface area contributed by atoms with Gasteiger partial charge in [0, 0.05) is 29.5 Å². The van der Waals surface area contributed by atoms with Crippen molar-refractivity contribution in [2.75, 3.05) is 11.1 Å². The van der Waals surface area contributed by atoms with Gasteiger partial charge in [0.1, 0.15) is 11.6 Å². The first-order chi connectivity index (χ1) is 15.9. The summed E-state index contributed by atoms with van der Waals surface area (Å²) in [6.45, 7) is 4.07. The van der Waals surface area contributed by atoms with Gasteiger partial charge in [-0.2, -0.15) is 9.78 Å². The number of nitrogens with one attached hydrogen (secondary N) is 1. The smallest absolute Gasteiger partial charge is 0.271 e. The van der Waals surface area contributed by atoms with Crippen LogP contribution in [0.5, 0.6) is 5.75 Å². The molecular formula is C25H25N5O3. The van der Waals surface area contributed by atoms with E-state index in [9.17, 15) is 9.59 Å². The summed E-state index contributed by atoms with van der Waals surface area (Å²) in [6, 6.07) is 17.3. The van der Waals surface area contributed by atoms with E-state index >= 15 is 0 Å². The number of fused-ring (bicyclic) bond motifs is 1. The minimum Gasteiger partial charge on any atom is -0.481 e. The van der Waals surface area contributed by atoms with Crippen LogP contribution in [0.1, 0.15) is 20.3 Å². The fourth-order valence-electron chi connectivity index (χ4n) is 3.50. The van der Waals surface area contributed by atoms with Crippen molar-refractivity contribution in [1.29, 1.82) is 0 Å². The second kappa shape index (κ2) is 9.52. The molecule has 0 saturated carbocycles. The Kier molecular flexibility index (Phi) is 6.35. The fraction of sp³-hybridized carbons (Fsp3) is 0.200. The van der Waals surface area contributed by atoms with Gasteiger partial charge in [0.05, 0.1) is 5.69 Å². The number of carbonyl (C=O) groups is 1. The molecule has 2 aromatic carbocycles. The highest BCUT2D eigenvalue weighted by Crippen LogP contribution is 2.26. The number of amides is 1. The van der Waals surface area contributed by atoms with Crippen LogP contribution in [0, 0.1) is 5.92 Å². The summed E-state index contributed by atoms with van der Waals surface area (Å²) in [5.74, 6) is 0.944. The van der Waals surface area contributed by atoms with Crippen molar-refractivity contribution in [1.82, 2.24) is 14.8 Å². The first-order valence-corrected chi connectivity index (χ1v) is 10.7. The second-order valence-corrected chi connectivity index (χ2v) is 8.13.